The maximum absolute atomic E-state index is 12.8. The van der Waals surface area contributed by atoms with E-state index in [-0.39, 0.29) is 12.2 Å². The predicted molar refractivity (Wildman–Crippen MR) is 110 cm³/mol. The Morgan fingerprint density at radius 2 is 1.70 bits per heavy atom. The minimum Gasteiger partial charge on any atom is -0.453 e. The van der Waals surface area contributed by atoms with Gasteiger partial charge in [-0.2, -0.15) is 0 Å². The Labute approximate surface area is 177 Å². The van der Waals surface area contributed by atoms with Crippen molar-refractivity contribution in [2.45, 2.75) is 63.7 Å². The average molecular weight is 412 g/mol. The number of fused-ring (bicyclic) bond motifs is 1. The molecule has 2 aliphatic heterocycles. The van der Waals surface area contributed by atoms with Gasteiger partial charge < -0.3 is 23.7 Å². The summed E-state index contributed by atoms with van der Waals surface area (Å²) >= 11 is 0. The Bertz CT molecular complexity index is 837. The smallest absolute Gasteiger partial charge is 0.338 e. The highest BCUT2D eigenvalue weighted by atomic mass is 16.7. The van der Waals surface area contributed by atoms with Gasteiger partial charge in [0.05, 0.1) is 24.9 Å². The molecule has 0 aromatic heterocycles. The highest BCUT2D eigenvalue weighted by Gasteiger charge is 2.52. The molecular formula is C24H28O6. The zero-order valence-electron chi connectivity index (χ0n) is 17.5. The van der Waals surface area contributed by atoms with E-state index in [0.717, 1.165) is 5.56 Å². The van der Waals surface area contributed by atoms with Crippen molar-refractivity contribution in [3.63, 3.8) is 0 Å². The van der Waals surface area contributed by atoms with E-state index >= 15 is 0 Å². The first-order valence-electron chi connectivity index (χ1n) is 10.3. The molecular weight excluding hydrogens is 384 g/mol. The van der Waals surface area contributed by atoms with Crippen molar-refractivity contribution in [3.8, 4) is 0 Å². The molecule has 2 aromatic rings. The molecule has 160 valence electrons. The van der Waals surface area contributed by atoms with Crippen LogP contribution in [0.3, 0.4) is 0 Å². The van der Waals surface area contributed by atoms with Crippen LogP contribution < -0.4 is 0 Å². The summed E-state index contributed by atoms with van der Waals surface area (Å²) in [5.74, 6) is -1.18. The Morgan fingerprint density at radius 3 is 2.40 bits per heavy atom. The van der Waals surface area contributed by atoms with Gasteiger partial charge in [0.2, 0.25) is 0 Å². The molecule has 2 fully saturated rings. The van der Waals surface area contributed by atoms with Crippen LogP contribution in [0.1, 0.15) is 36.7 Å². The first-order valence-corrected chi connectivity index (χ1v) is 10.3. The van der Waals surface area contributed by atoms with Crippen molar-refractivity contribution in [2.24, 2.45) is 0 Å². The molecule has 6 heteroatoms. The van der Waals surface area contributed by atoms with Gasteiger partial charge in [-0.1, -0.05) is 48.5 Å². The zero-order valence-corrected chi connectivity index (χ0v) is 17.5. The Balaban J connectivity index is 1.57. The molecule has 0 aliphatic carbocycles. The summed E-state index contributed by atoms with van der Waals surface area (Å²) < 4.78 is 30.3. The maximum atomic E-state index is 12.8. The lowest BCUT2D eigenvalue weighted by molar-refractivity contribution is -0.360. The third-order valence-corrected chi connectivity index (χ3v) is 5.42. The minimum atomic E-state index is -0.770. The van der Waals surface area contributed by atoms with Gasteiger partial charge in [-0.05, 0) is 38.5 Å². The van der Waals surface area contributed by atoms with Gasteiger partial charge >= 0.3 is 5.97 Å². The summed E-state index contributed by atoms with van der Waals surface area (Å²) in [6, 6.07) is 18.8. The topological polar surface area (TPSA) is 63.2 Å². The monoisotopic (exact) mass is 412 g/mol. The molecule has 2 aromatic carbocycles. The zero-order chi connectivity index (χ0) is 21.1. The van der Waals surface area contributed by atoms with Crippen LogP contribution in [-0.4, -0.2) is 48.9 Å². The van der Waals surface area contributed by atoms with Gasteiger partial charge in [0.25, 0.3) is 0 Å². The third kappa shape index (κ3) is 4.73. The highest BCUT2D eigenvalue weighted by molar-refractivity contribution is 5.89. The minimum absolute atomic E-state index is 0.291. The van der Waals surface area contributed by atoms with Crippen LogP contribution in [0.15, 0.2) is 60.7 Å². The van der Waals surface area contributed by atoms with E-state index in [1.165, 1.54) is 0 Å². The van der Waals surface area contributed by atoms with Crippen LogP contribution in [0.4, 0.5) is 0 Å². The molecule has 30 heavy (non-hydrogen) atoms. The second-order valence-electron chi connectivity index (χ2n) is 8.17. The van der Waals surface area contributed by atoms with Gasteiger partial charge in [0.1, 0.15) is 18.3 Å². The van der Waals surface area contributed by atoms with E-state index in [0.29, 0.717) is 18.8 Å². The van der Waals surface area contributed by atoms with E-state index in [2.05, 4.69) is 0 Å². The lowest BCUT2D eigenvalue weighted by Crippen LogP contribution is -2.65. The number of ether oxygens (including phenoxy) is 5. The normalized spacial score (nSPS) is 30.3. The molecule has 2 saturated heterocycles. The molecule has 0 N–H and O–H groups in total. The number of esters is 1. The predicted octanol–water partition coefficient (Wildman–Crippen LogP) is 3.74. The number of carbonyl (C=O) groups is 1. The molecule has 6 nitrogen and oxygen atoms in total. The Morgan fingerprint density at radius 1 is 1.03 bits per heavy atom. The maximum Gasteiger partial charge on any atom is 0.338 e. The van der Waals surface area contributed by atoms with Crippen molar-refractivity contribution < 1.29 is 28.5 Å². The van der Waals surface area contributed by atoms with Gasteiger partial charge in [-0.25, -0.2) is 4.79 Å². The molecule has 0 bridgehead atoms. The SMILES string of the molecule is C[C@@H]1OC2COC(C)(C)O[C@@H]2[C@@H](OCc2ccccc2)C1OC(=O)c1ccccc1. The summed E-state index contributed by atoms with van der Waals surface area (Å²) in [7, 11) is 0. The van der Waals surface area contributed by atoms with Crippen LogP contribution in [0.5, 0.6) is 0 Å². The molecule has 4 rings (SSSR count). The fourth-order valence-electron chi connectivity index (χ4n) is 3.90. The van der Waals surface area contributed by atoms with Crippen molar-refractivity contribution in [1.29, 1.82) is 0 Å². The molecule has 0 spiro atoms. The van der Waals surface area contributed by atoms with E-state index in [4.69, 9.17) is 23.7 Å². The Hall–Kier alpha value is -2.25. The summed E-state index contributed by atoms with van der Waals surface area (Å²) in [5.41, 5.74) is 1.52. The average Bonchev–Trinajstić information content (AvgIpc) is 2.75. The van der Waals surface area contributed by atoms with E-state index in [1.807, 2.05) is 57.2 Å². The largest absolute Gasteiger partial charge is 0.453 e. The number of rotatable bonds is 5. The molecule has 2 aliphatic rings. The van der Waals surface area contributed by atoms with Crippen molar-refractivity contribution >= 4 is 5.97 Å². The first-order chi connectivity index (χ1) is 14.4. The van der Waals surface area contributed by atoms with Crippen LogP contribution in [-0.2, 0) is 30.3 Å². The second kappa shape index (κ2) is 8.86. The van der Waals surface area contributed by atoms with Gasteiger partial charge in [-0.15, -0.1) is 0 Å². The second-order valence-corrected chi connectivity index (χ2v) is 8.17. The lowest BCUT2D eigenvalue weighted by Gasteiger charge is -2.50. The van der Waals surface area contributed by atoms with Gasteiger partial charge in [-0.3, -0.25) is 0 Å². The summed E-state index contributed by atoms with van der Waals surface area (Å²) in [6.45, 7) is 6.39. The molecule has 2 heterocycles. The molecule has 0 saturated carbocycles. The van der Waals surface area contributed by atoms with Crippen molar-refractivity contribution in [2.75, 3.05) is 6.61 Å². The van der Waals surface area contributed by atoms with Gasteiger partial charge in [0.15, 0.2) is 11.9 Å². The van der Waals surface area contributed by atoms with Crippen LogP contribution >= 0.6 is 0 Å². The third-order valence-electron chi connectivity index (χ3n) is 5.42. The quantitative estimate of drug-likeness (QED) is 0.698. The lowest BCUT2D eigenvalue weighted by atomic mass is 9.93. The number of hydrogen-bond donors (Lipinski definition) is 0. The molecule has 0 radical (unpaired) electrons. The first kappa shape index (κ1) is 21.0. The number of benzene rings is 2. The van der Waals surface area contributed by atoms with Crippen LogP contribution in [0.25, 0.3) is 0 Å². The fourth-order valence-corrected chi connectivity index (χ4v) is 3.90. The van der Waals surface area contributed by atoms with Crippen molar-refractivity contribution in [1.82, 2.24) is 0 Å². The molecule has 0 amide bonds. The molecule has 2 unspecified atom stereocenters. The van der Waals surface area contributed by atoms with Crippen LogP contribution in [0, 0.1) is 0 Å². The van der Waals surface area contributed by atoms with E-state index < -0.39 is 30.1 Å². The van der Waals surface area contributed by atoms with Crippen molar-refractivity contribution in [3.05, 3.63) is 71.8 Å². The highest BCUT2D eigenvalue weighted by Crippen LogP contribution is 2.35. The van der Waals surface area contributed by atoms with E-state index in [9.17, 15) is 4.79 Å². The number of carbonyl (C=O) groups excluding carboxylic acids is 1. The number of hydrogen-bond acceptors (Lipinski definition) is 6. The Kier molecular flexibility index (Phi) is 6.20. The standard InChI is InChI=1S/C24H28O6/c1-16-20(29-23(25)18-12-8-5-9-13-18)22(26-14-17-10-6-4-7-11-17)21-19(28-16)15-27-24(2,3)30-21/h4-13,16,19-22H,14-15H2,1-3H3/t16-,19?,20?,21-,22-/m0/s1. The van der Waals surface area contributed by atoms with Gasteiger partial charge in [0, 0.05) is 0 Å². The summed E-state index contributed by atoms with van der Waals surface area (Å²) in [6.07, 6.45) is -2.18. The summed E-state index contributed by atoms with van der Waals surface area (Å²) in [5, 5.41) is 0. The fraction of sp³-hybridized carbons (Fsp3) is 0.458. The molecule has 5 atom stereocenters. The van der Waals surface area contributed by atoms with E-state index in [1.54, 1.807) is 24.3 Å². The van der Waals surface area contributed by atoms with Crippen LogP contribution in [0.2, 0.25) is 0 Å². The summed E-state index contributed by atoms with van der Waals surface area (Å²) in [4.78, 5) is 12.8.